The van der Waals surface area contributed by atoms with Crippen molar-refractivity contribution in [2.24, 2.45) is 4.99 Å². The van der Waals surface area contributed by atoms with E-state index in [1.807, 2.05) is 0 Å². The molecule has 0 amide bonds. The molecule has 0 aromatic heterocycles. The van der Waals surface area contributed by atoms with Gasteiger partial charge in [-0.15, -0.1) is 0 Å². The molecule has 6 atom stereocenters. The molecular formula is C11H21N3O5S. The zero-order valence-corrected chi connectivity index (χ0v) is 12.4. The highest BCUT2D eigenvalue weighted by Crippen LogP contribution is 2.33. The molecule has 0 bridgehead atoms. The lowest BCUT2D eigenvalue weighted by molar-refractivity contribution is -0.226. The van der Waals surface area contributed by atoms with Crippen molar-refractivity contribution in [1.82, 2.24) is 10.2 Å². The molecule has 2 aliphatic heterocycles. The average Bonchev–Trinajstić information content (AvgIpc) is 2.84. The second-order valence-electron chi connectivity index (χ2n) is 4.96. The minimum absolute atomic E-state index is 0.0139. The number of aliphatic hydroxyl groups is 3. The van der Waals surface area contributed by atoms with Crippen LogP contribution in [0, 0.1) is 0 Å². The van der Waals surface area contributed by atoms with Gasteiger partial charge in [-0.1, -0.05) is 11.8 Å². The highest BCUT2D eigenvalue weighted by molar-refractivity contribution is 8.14. The fraction of sp³-hybridized carbons (Fsp3) is 0.909. The van der Waals surface area contributed by atoms with E-state index in [2.05, 4.69) is 10.3 Å². The van der Waals surface area contributed by atoms with Crippen LogP contribution < -0.4 is 5.32 Å². The van der Waals surface area contributed by atoms with Crippen LogP contribution in [0.5, 0.6) is 0 Å². The molecule has 0 saturated carbocycles. The molecule has 2 fully saturated rings. The molecule has 2 saturated heterocycles. The molecule has 0 aromatic carbocycles. The second kappa shape index (κ2) is 6.56. The van der Waals surface area contributed by atoms with Crippen molar-refractivity contribution >= 4 is 16.9 Å². The van der Waals surface area contributed by atoms with Crippen LogP contribution in [0.25, 0.3) is 0 Å². The Morgan fingerprint density at radius 2 is 2.15 bits per heavy atom. The van der Waals surface area contributed by atoms with E-state index in [-0.39, 0.29) is 12.0 Å². The van der Waals surface area contributed by atoms with Gasteiger partial charge in [0, 0.05) is 7.05 Å². The lowest BCUT2D eigenvalue weighted by Crippen LogP contribution is -2.60. The first-order valence-corrected chi connectivity index (χ1v) is 7.19. The van der Waals surface area contributed by atoms with Gasteiger partial charge in [0.25, 0.3) is 0 Å². The number of ether oxygens (including phenoxy) is 2. The van der Waals surface area contributed by atoms with Crippen LogP contribution in [-0.4, -0.2) is 89.3 Å². The number of aliphatic hydroxyl groups excluding tert-OH is 3. The second-order valence-corrected chi connectivity index (χ2v) is 6.05. The smallest absolute Gasteiger partial charge is 0.215 e. The normalized spacial score (nSPS) is 40.8. The maximum atomic E-state index is 10.1. The first-order chi connectivity index (χ1) is 9.43. The van der Waals surface area contributed by atoms with E-state index in [1.165, 1.54) is 16.7 Å². The van der Waals surface area contributed by atoms with Crippen molar-refractivity contribution in [2.75, 3.05) is 27.7 Å². The summed E-state index contributed by atoms with van der Waals surface area (Å²) in [5, 5.41) is 33.4. The van der Waals surface area contributed by atoms with Gasteiger partial charge in [0.15, 0.2) is 5.17 Å². The quantitative estimate of drug-likeness (QED) is 0.441. The molecule has 8 nitrogen and oxygen atoms in total. The van der Waals surface area contributed by atoms with Crippen molar-refractivity contribution in [3.8, 4) is 0 Å². The molecular weight excluding hydrogens is 286 g/mol. The summed E-state index contributed by atoms with van der Waals surface area (Å²) < 4.78 is 10.9. The predicted molar refractivity (Wildman–Crippen MR) is 74.2 cm³/mol. The minimum Gasteiger partial charge on any atom is -0.388 e. The van der Waals surface area contributed by atoms with E-state index < -0.39 is 30.8 Å². The summed E-state index contributed by atoms with van der Waals surface area (Å²) in [6.45, 7) is -0.0139. The molecule has 0 radical (unpaired) electrons. The summed E-state index contributed by atoms with van der Waals surface area (Å²) in [6, 6.07) is -0.399. The van der Waals surface area contributed by atoms with Crippen LogP contribution in [0.2, 0.25) is 0 Å². The Kier molecular flexibility index (Phi) is 5.24. The highest BCUT2D eigenvalue weighted by atomic mass is 32.2. The topological polar surface area (TPSA) is 107 Å². The van der Waals surface area contributed by atoms with Gasteiger partial charge < -0.3 is 30.1 Å². The number of nitrogens with one attached hydrogen (secondary N) is 1. The van der Waals surface area contributed by atoms with Crippen LogP contribution >= 0.6 is 11.8 Å². The van der Waals surface area contributed by atoms with E-state index >= 15 is 0 Å². The SMILES string of the molecule is CN=C1NC2C(OC(COC(O)N(C)C)C(O)C2O)S1. The Bertz CT molecular complexity index is 370. The van der Waals surface area contributed by atoms with Gasteiger partial charge in [-0.05, 0) is 14.1 Å². The molecule has 6 unspecified atom stereocenters. The highest BCUT2D eigenvalue weighted by Gasteiger charge is 2.49. The number of rotatable bonds is 4. The number of nitrogens with zero attached hydrogens (tertiary/aromatic N) is 2. The summed E-state index contributed by atoms with van der Waals surface area (Å²) in [7, 11) is 4.96. The zero-order valence-electron chi connectivity index (χ0n) is 11.6. The van der Waals surface area contributed by atoms with E-state index in [1.54, 1.807) is 21.1 Å². The van der Waals surface area contributed by atoms with Crippen molar-refractivity contribution in [3.05, 3.63) is 0 Å². The predicted octanol–water partition coefficient (Wildman–Crippen LogP) is -2.02. The third-order valence-corrected chi connectivity index (χ3v) is 4.43. The largest absolute Gasteiger partial charge is 0.388 e. The minimum atomic E-state index is -1.09. The van der Waals surface area contributed by atoms with Gasteiger partial charge in [0.1, 0.15) is 23.7 Å². The summed E-state index contributed by atoms with van der Waals surface area (Å²) in [4.78, 5) is 5.49. The first kappa shape index (κ1) is 16.0. The monoisotopic (exact) mass is 307 g/mol. The number of hydrogen-bond acceptors (Lipinski definition) is 8. The van der Waals surface area contributed by atoms with Gasteiger partial charge in [-0.25, -0.2) is 0 Å². The van der Waals surface area contributed by atoms with Crippen LogP contribution in [0.15, 0.2) is 4.99 Å². The molecule has 0 aliphatic carbocycles. The van der Waals surface area contributed by atoms with Crippen LogP contribution in [0.3, 0.4) is 0 Å². The van der Waals surface area contributed by atoms with Crippen molar-refractivity contribution < 1.29 is 24.8 Å². The van der Waals surface area contributed by atoms with E-state index in [9.17, 15) is 15.3 Å². The maximum absolute atomic E-state index is 10.1. The van der Waals surface area contributed by atoms with Crippen molar-refractivity contribution in [3.63, 3.8) is 0 Å². The van der Waals surface area contributed by atoms with Crippen LogP contribution in [0.1, 0.15) is 0 Å². The molecule has 20 heavy (non-hydrogen) atoms. The van der Waals surface area contributed by atoms with Gasteiger partial charge in [-0.2, -0.15) is 0 Å². The molecule has 2 rings (SSSR count). The van der Waals surface area contributed by atoms with E-state index in [0.717, 1.165) is 0 Å². The summed E-state index contributed by atoms with van der Waals surface area (Å²) in [5.74, 6) is 0. The Morgan fingerprint density at radius 1 is 1.45 bits per heavy atom. The number of aliphatic imine (C=N–C) groups is 1. The first-order valence-electron chi connectivity index (χ1n) is 6.31. The Balaban J connectivity index is 1.95. The summed E-state index contributed by atoms with van der Waals surface area (Å²) >= 11 is 1.36. The average molecular weight is 307 g/mol. The molecule has 116 valence electrons. The number of hydrogen-bond donors (Lipinski definition) is 4. The Hall–Kier alpha value is -0.420. The third-order valence-electron chi connectivity index (χ3n) is 3.27. The van der Waals surface area contributed by atoms with Gasteiger partial charge in [-0.3, -0.25) is 9.89 Å². The number of fused-ring (bicyclic) bond motifs is 1. The number of amidine groups is 1. The molecule has 2 aliphatic rings. The van der Waals surface area contributed by atoms with E-state index in [4.69, 9.17) is 9.47 Å². The Labute approximate surface area is 121 Å². The van der Waals surface area contributed by atoms with Crippen LogP contribution in [0.4, 0.5) is 0 Å². The van der Waals surface area contributed by atoms with Gasteiger partial charge in [0.05, 0.1) is 12.6 Å². The summed E-state index contributed by atoms with van der Waals surface area (Å²) in [6.07, 6.45) is -3.85. The molecule has 4 N–H and O–H groups in total. The fourth-order valence-corrected chi connectivity index (χ4v) is 3.16. The Morgan fingerprint density at radius 3 is 2.75 bits per heavy atom. The lowest BCUT2D eigenvalue weighted by atomic mass is 9.98. The molecule has 0 aromatic rings. The van der Waals surface area contributed by atoms with Crippen molar-refractivity contribution in [1.29, 1.82) is 0 Å². The zero-order chi connectivity index (χ0) is 14.9. The van der Waals surface area contributed by atoms with Crippen LogP contribution in [-0.2, 0) is 9.47 Å². The molecule has 0 spiro atoms. The molecule has 9 heteroatoms. The van der Waals surface area contributed by atoms with Gasteiger partial charge in [0.2, 0.25) is 6.41 Å². The third kappa shape index (κ3) is 3.25. The standard InChI is InChI=1S/C11H21N3O5S/c1-12-10-13-6-8(16)7(15)5(19-9(6)20-10)4-18-11(17)14(2)3/h5-9,11,15-17H,4H2,1-3H3,(H,12,13). The van der Waals surface area contributed by atoms with E-state index in [0.29, 0.717) is 5.17 Å². The lowest BCUT2D eigenvalue weighted by Gasteiger charge is -2.39. The fourth-order valence-electron chi connectivity index (χ4n) is 2.06. The van der Waals surface area contributed by atoms with Gasteiger partial charge >= 0.3 is 0 Å². The summed E-state index contributed by atoms with van der Waals surface area (Å²) in [5.41, 5.74) is -0.336. The molecule has 2 heterocycles. The van der Waals surface area contributed by atoms with Crippen molar-refractivity contribution in [2.45, 2.75) is 36.2 Å². The number of thioether (sulfide) groups is 1. The maximum Gasteiger partial charge on any atom is 0.215 e.